The molecule has 1 amide bonds. The van der Waals surface area contributed by atoms with E-state index in [4.69, 9.17) is 4.74 Å². The van der Waals surface area contributed by atoms with Gasteiger partial charge in [-0.25, -0.2) is 0 Å². The summed E-state index contributed by atoms with van der Waals surface area (Å²) in [6.45, 7) is 1.67. The van der Waals surface area contributed by atoms with E-state index in [0.29, 0.717) is 5.69 Å². The molecule has 1 fully saturated rings. The van der Waals surface area contributed by atoms with Crippen molar-refractivity contribution in [2.45, 2.75) is 18.7 Å². The predicted octanol–water partition coefficient (Wildman–Crippen LogP) is 4.18. The van der Waals surface area contributed by atoms with E-state index in [2.05, 4.69) is 10.2 Å². The van der Waals surface area contributed by atoms with Gasteiger partial charge < -0.3 is 15.0 Å². The van der Waals surface area contributed by atoms with Gasteiger partial charge in [-0.3, -0.25) is 4.79 Å². The summed E-state index contributed by atoms with van der Waals surface area (Å²) in [6, 6.07) is 11.8. The summed E-state index contributed by atoms with van der Waals surface area (Å²) in [6.07, 6.45) is -3.43. The van der Waals surface area contributed by atoms with Crippen LogP contribution in [0.15, 0.2) is 48.5 Å². The topological polar surface area (TPSA) is 41.6 Å². The minimum atomic E-state index is -4.58. The van der Waals surface area contributed by atoms with E-state index in [1.807, 2.05) is 12.1 Å². The second kappa shape index (κ2) is 7.37. The molecule has 0 aliphatic carbocycles. The van der Waals surface area contributed by atoms with Crippen LogP contribution in [0.2, 0.25) is 0 Å². The molecule has 1 saturated heterocycles. The van der Waals surface area contributed by atoms with Crippen LogP contribution in [-0.4, -0.2) is 32.2 Å². The zero-order valence-corrected chi connectivity index (χ0v) is 14.2. The Bertz CT molecular complexity index is 775. The maximum atomic E-state index is 13.0. The lowest BCUT2D eigenvalue weighted by Crippen LogP contribution is -2.22. The summed E-state index contributed by atoms with van der Waals surface area (Å²) in [5.74, 6) is -0.786. The molecule has 3 rings (SSSR count). The number of ether oxygens (including phenoxy) is 1. The smallest absolute Gasteiger partial charge is 0.380 e. The van der Waals surface area contributed by atoms with Gasteiger partial charge >= 0.3 is 6.18 Å². The van der Waals surface area contributed by atoms with Gasteiger partial charge in [0.15, 0.2) is 0 Å². The first-order valence-corrected chi connectivity index (χ1v) is 8.24. The van der Waals surface area contributed by atoms with Gasteiger partial charge in [-0.1, -0.05) is 12.1 Å². The number of methoxy groups -OCH3 is 1. The Morgan fingerprint density at radius 2 is 1.85 bits per heavy atom. The van der Waals surface area contributed by atoms with E-state index in [0.717, 1.165) is 31.3 Å². The molecule has 1 heterocycles. The number of nitrogens with one attached hydrogen (secondary N) is 1. The molecule has 0 radical (unpaired) electrons. The molecule has 1 aliphatic rings. The van der Waals surface area contributed by atoms with Crippen LogP contribution < -0.4 is 10.2 Å². The highest BCUT2D eigenvalue weighted by Crippen LogP contribution is 2.32. The molecule has 0 bridgehead atoms. The SMILES string of the molecule is CO[C@@H]1CCN(c2ccc(NC(=O)c3ccccc3C(F)(F)F)cc2)C1. The molecule has 26 heavy (non-hydrogen) atoms. The zero-order chi connectivity index (χ0) is 18.7. The monoisotopic (exact) mass is 364 g/mol. The molecule has 1 aliphatic heterocycles. The minimum Gasteiger partial charge on any atom is -0.380 e. The fourth-order valence-electron chi connectivity index (χ4n) is 3.04. The molecule has 4 nitrogen and oxygen atoms in total. The fourth-order valence-corrected chi connectivity index (χ4v) is 3.04. The van der Waals surface area contributed by atoms with Crippen LogP contribution in [0.5, 0.6) is 0 Å². The Hall–Kier alpha value is -2.54. The maximum Gasteiger partial charge on any atom is 0.417 e. The van der Waals surface area contributed by atoms with Crippen molar-refractivity contribution in [3.63, 3.8) is 0 Å². The van der Waals surface area contributed by atoms with Crippen molar-refractivity contribution in [1.82, 2.24) is 0 Å². The Morgan fingerprint density at radius 3 is 2.46 bits per heavy atom. The number of benzene rings is 2. The fraction of sp³-hybridized carbons (Fsp3) is 0.316. The normalized spacial score (nSPS) is 17.4. The molecule has 0 saturated carbocycles. The number of nitrogens with zero attached hydrogens (tertiary/aromatic N) is 1. The van der Waals surface area contributed by atoms with Crippen molar-refractivity contribution in [2.24, 2.45) is 0 Å². The van der Waals surface area contributed by atoms with Crippen molar-refractivity contribution >= 4 is 17.3 Å². The molecule has 1 atom stereocenters. The molecular formula is C19H19F3N2O2. The van der Waals surface area contributed by atoms with E-state index in [1.165, 1.54) is 18.2 Å². The van der Waals surface area contributed by atoms with Gasteiger partial charge in [-0.05, 0) is 42.8 Å². The van der Waals surface area contributed by atoms with Crippen molar-refractivity contribution in [2.75, 3.05) is 30.4 Å². The van der Waals surface area contributed by atoms with Crippen LogP contribution in [-0.2, 0) is 10.9 Å². The summed E-state index contributed by atoms with van der Waals surface area (Å²) in [5.41, 5.74) is 0.0832. The minimum absolute atomic E-state index is 0.202. The predicted molar refractivity (Wildman–Crippen MR) is 93.5 cm³/mol. The Labute approximate surface area is 149 Å². The third kappa shape index (κ3) is 3.99. The Morgan fingerprint density at radius 1 is 1.15 bits per heavy atom. The van der Waals surface area contributed by atoms with Crippen LogP contribution in [0.25, 0.3) is 0 Å². The first-order valence-electron chi connectivity index (χ1n) is 8.24. The third-order valence-corrected chi connectivity index (χ3v) is 4.45. The summed E-state index contributed by atoms with van der Waals surface area (Å²) < 4.78 is 44.5. The lowest BCUT2D eigenvalue weighted by Gasteiger charge is -2.19. The van der Waals surface area contributed by atoms with Gasteiger partial charge in [-0.15, -0.1) is 0 Å². The number of anilines is 2. The second-order valence-electron chi connectivity index (χ2n) is 6.14. The van der Waals surface area contributed by atoms with Crippen LogP contribution in [0.3, 0.4) is 0 Å². The van der Waals surface area contributed by atoms with E-state index in [1.54, 1.807) is 19.2 Å². The summed E-state index contributed by atoms with van der Waals surface area (Å²) in [5, 5.41) is 2.53. The molecule has 1 N–H and O–H groups in total. The third-order valence-electron chi connectivity index (χ3n) is 4.45. The Kier molecular flexibility index (Phi) is 5.18. The zero-order valence-electron chi connectivity index (χ0n) is 14.2. The number of hydrogen-bond donors (Lipinski definition) is 1. The Balaban J connectivity index is 1.71. The molecule has 2 aromatic carbocycles. The van der Waals surface area contributed by atoms with E-state index in [-0.39, 0.29) is 6.10 Å². The number of hydrogen-bond acceptors (Lipinski definition) is 3. The average Bonchev–Trinajstić information content (AvgIpc) is 3.11. The average molecular weight is 364 g/mol. The highest BCUT2D eigenvalue weighted by molar-refractivity contribution is 6.05. The summed E-state index contributed by atoms with van der Waals surface area (Å²) in [7, 11) is 1.69. The molecule has 138 valence electrons. The van der Waals surface area contributed by atoms with E-state index in [9.17, 15) is 18.0 Å². The van der Waals surface area contributed by atoms with Gasteiger partial charge in [0.25, 0.3) is 5.91 Å². The standard InChI is InChI=1S/C19H19F3N2O2/c1-26-15-10-11-24(12-15)14-8-6-13(7-9-14)23-18(25)16-4-2-3-5-17(16)19(20,21)22/h2-9,15H,10-12H2,1H3,(H,23,25)/t15-/m1/s1. The molecular weight excluding hydrogens is 345 g/mol. The molecule has 0 aromatic heterocycles. The van der Waals surface area contributed by atoms with Crippen LogP contribution in [0, 0.1) is 0 Å². The number of carbonyl (C=O) groups is 1. The number of rotatable bonds is 4. The van der Waals surface area contributed by atoms with Gasteiger partial charge in [0.2, 0.25) is 0 Å². The molecule has 7 heteroatoms. The molecule has 0 spiro atoms. The number of carbonyl (C=O) groups excluding carboxylic acids is 1. The molecule has 2 aromatic rings. The maximum absolute atomic E-state index is 13.0. The van der Waals surface area contributed by atoms with Crippen molar-refractivity contribution in [3.8, 4) is 0 Å². The quantitative estimate of drug-likeness (QED) is 0.885. The first kappa shape index (κ1) is 18.3. The van der Waals surface area contributed by atoms with E-state index < -0.39 is 23.2 Å². The summed E-state index contributed by atoms with van der Waals surface area (Å²) >= 11 is 0. The lowest BCUT2D eigenvalue weighted by molar-refractivity contribution is -0.137. The second-order valence-corrected chi connectivity index (χ2v) is 6.14. The summed E-state index contributed by atoms with van der Waals surface area (Å²) in [4.78, 5) is 14.4. The van der Waals surface area contributed by atoms with Gasteiger partial charge in [0, 0.05) is 31.6 Å². The highest BCUT2D eigenvalue weighted by Gasteiger charge is 2.34. The van der Waals surface area contributed by atoms with Gasteiger partial charge in [0.05, 0.1) is 17.2 Å². The largest absolute Gasteiger partial charge is 0.417 e. The molecule has 0 unspecified atom stereocenters. The van der Waals surface area contributed by atoms with Gasteiger partial charge in [-0.2, -0.15) is 13.2 Å². The van der Waals surface area contributed by atoms with Crippen molar-refractivity contribution < 1.29 is 22.7 Å². The number of halogens is 3. The van der Waals surface area contributed by atoms with Crippen LogP contribution in [0.4, 0.5) is 24.5 Å². The van der Waals surface area contributed by atoms with Crippen molar-refractivity contribution in [3.05, 3.63) is 59.7 Å². The van der Waals surface area contributed by atoms with Crippen LogP contribution in [0.1, 0.15) is 22.3 Å². The van der Waals surface area contributed by atoms with Gasteiger partial charge in [0.1, 0.15) is 0 Å². The number of amides is 1. The lowest BCUT2D eigenvalue weighted by atomic mass is 10.1. The van der Waals surface area contributed by atoms with Crippen molar-refractivity contribution in [1.29, 1.82) is 0 Å². The highest BCUT2D eigenvalue weighted by atomic mass is 19.4. The van der Waals surface area contributed by atoms with E-state index >= 15 is 0 Å². The number of alkyl halides is 3. The van der Waals surface area contributed by atoms with Crippen LogP contribution >= 0.6 is 0 Å². The first-order chi connectivity index (χ1) is 12.4.